The number of anilines is 1. The Morgan fingerprint density at radius 3 is 2.70 bits per heavy atom. The van der Waals surface area contributed by atoms with E-state index in [0.717, 1.165) is 17.7 Å². The molecule has 1 aromatic rings. The van der Waals surface area contributed by atoms with Crippen LogP contribution in [0.2, 0.25) is 0 Å². The van der Waals surface area contributed by atoms with Gasteiger partial charge in [-0.25, -0.2) is 0 Å². The average molecular weight is 318 g/mol. The number of carbonyl (C=O) groups excluding carboxylic acids is 1. The lowest BCUT2D eigenvalue weighted by molar-refractivity contribution is -0.114. The summed E-state index contributed by atoms with van der Waals surface area (Å²) in [7, 11) is 0. The van der Waals surface area contributed by atoms with E-state index < -0.39 is 0 Å². The van der Waals surface area contributed by atoms with Crippen LogP contribution in [0.4, 0.5) is 5.69 Å². The van der Waals surface area contributed by atoms with Crippen molar-refractivity contribution in [1.82, 2.24) is 5.32 Å². The molecule has 0 heterocycles. The van der Waals surface area contributed by atoms with Gasteiger partial charge in [0.05, 0.1) is 0 Å². The number of amides is 1. The molecule has 3 N–H and O–H groups in total. The van der Waals surface area contributed by atoms with Crippen molar-refractivity contribution >= 4 is 11.6 Å². The van der Waals surface area contributed by atoms with Crippen molar-refractivity contribution in [3.63, 3.8) is 0 Å². The lowest BCUT2D eigenvalue weighted by Gasteiger charge is -2.33. The molecule has 4 nitrogen and oxygen atoms in total. The van der Waals surface area contributed by atoms with Crippen molar-refractivity contribution in [2.24, 2.45) is 5.92 Å². The minimum Gasteiger partial charge on any atom is -0.396 e. The summed E-state index contributed by atoms with van der Waals surface area (Å²) in [4.78, 5) is 11.2. The molecule has 0 aliphatic heterocycles. The van der Waals surface area contributed by atoms with Gasteiger partial charge in [-0.3, -0.25) is 4.79 Å². The first-order valence-corrected chi connectivity index (χ1v) is 8.84. The highest BCUT2D eigenvalue weighted by Crippen LogP contribution is 2.29. The van der Waals surface area contributed by atoms with E-state index in [2.05, 4.69) is 23.6 Å². The Morgan fingerprint density at radius 2 is 2.04 bits per heavy atom. The summed E-state index contributed by atoms with van der Waals surface area (Å²) in [5.41, 5.74) is 2.00. The fourth-order valence-corrected chi connectivity index (χ4v) is 3.64. The van der Waals surface area contributed by atoms with Crippen molar-refractivity contribution in [3.8, 4) is 0 Å². The number of carbonyl (C=O) groups is 1. The highest BCUT2D eigenvalue weighted by atomic mass is 16.3. The van der Waals surface area contributed by atoms with Crippen LogP contribution in [0.5, 0.6) is 0 Å². The predicted molar refractivity (Wildman–Crippen MR) is 94.4 cm³/mol. The molecule has 2 unspecified atom stereocenters. The van der Waals surface area contributed by atoms with Crippen LogP contribution in [0.25, 0.3) is 0 Å². The van der Waals surface area contributed by atoms with Gasteiger partial charge in [0.15, 0.2) is 0 Å². The summed E-state index contributed by atoms with van der Waals surface area (Å²) < 4.78 is 0. The topological polar surface area (TPSA) is 61.4 Å². The number of aliphatic hydroxyl groups excluding tert-OH is 1. The fourth-order valence-electron chi connectivity index (χ4n) is 3.64. The Balaban J connectivity index is 2.02. The van der Waals surface area contributed by atoms with E-state index in [0.29, 0.717) is 12.0 Å². The third kappa shape index (κ3) is 5.63. The van der Waals surface area contributed by atoms with Crippen LogP contribution in [0, 0.1) is 5.92 Å². The summed E-state index contributed by atoms with van der Waals surface area (Å²) in [6.45, 7) is 3.90. The Bertz CT molecular complexity index is 498. The largest absolute Gasteiger partial charge is 0.396 e. The molecule has 2 rings (SSSR count). The lowest BCUT2D eigenvalue weighted by atomic mass is 9.82. The average Bonchev–Trinajstić information content (AvgIpc) is 2.55. The first-order chi connectivity index (χ1) is 11.1. The minimum atomic E-state index is -0.0527. The predicted octanol–water partition coefficient (Wildman–Crippen LogP) is 3.63. The molecule has 1 saturated carbocycles. The van der Waals surface area contributed by atoms with Crippen LogP contribution >= 0.6 is 0 Å². The number of nitrogens with one attached hydrogen (secondary N) is 2. The first-order valence-electron chi connectivity index (χ1n) is 8.84. The van der Waals surface area contributed by atoms with Gasteiger partial charge < -0.3 is 15.7 Å². The van der Waals surface area contributed by atoms with E-state index in [9.17, 15) is 9.90 Å². The summed E-state index contributed by atoms with van der Waals surface area (Å²) in [5, 5.41) is 16.0. The second kappa shape index (κ2) is 9.04. The molecule has 23 heavy (non-hydrogen) atoms. The third-order valence-corrected chi connectivity index (χ3v) is 4.83. The van der Waals surface area contributed by atoms with Crippen molar-refractivity contribution in [2.45, 2.75) is 64.5 Å². The van der Waals surface area contributed by atoms with Crippen molar-refractivity contribution in [1.29, 1.82) is 0 Å². The van der Waals surface area contributed by atoms with Gasteiger partial charge in [0, 0.05) is 31.3 Å². The van der Waals surface area contributed by atoms with Gasteiger partial charge in [0.2, 0.25) is 5.91 Å². The van der Waals surface area contributed by atoms with Gasteiger partial charge in [0.1, 0.15) is 0 Å². The zero-order valence-corrected chi connectivity index (χ0v) is 14.3. The molecule has 1 aliphatic rings. The monoisotopic (exact) mass is 318 g/mol. The van der Waals surface area contributed by atoms with E-state index >= 15 is 0 Å². The van der Waals surface area contributed by atoms with Gasteiger partial charge in [-0.2, -0.15) is 0 Å². The third-order valence-electron chi connectivity index (χ3n) is 4.83. The van der Waals surface area contributed by atoms with Gasteiger partial charge in [-0.15, -0.1) is 0 Å². The van der Waals surface area contributed by atoms with Crippen molar-refractivity contribution in [2.75, 3.05) is 11.9 Å². The molecule has 0 spiro atoms. The maximum atomic E-state index is 11.2. The van der Waals surface area contributed by atoms with E-state index in [4.69, 9.17) is 0 Å². The van der Waals surface area contributed by atoms with Gasteiger partial charge in [-0.1, -0.05) is 31.4 Å². The zero-order valence-electron chi connectivity index (χ0n) is 14.3. The quantitative estimate of drug-likeness (QED) is 0.719. The fraction of sp³-hybridized carbons (Fsp3) is 0.632. The molecule has 2 atom stereocenters. The molecule has 4 heteroatoms. The molecule has 0 radical (unpaired) electrons. The highest BCUT2D eigenvalue weighted by molar-refractivity contribution is 5.88. The van der Waals surface area contributed by atoms with Crippen LogP contribution < -0.4 is 10.6 Å². The lowest BCUT2D eigenvalue weighted by Crippen LogP contribution is -2.39. The molecule has 1 fully saturated rings. The van der Waals surface area contributed by atoms with Gasteiger partial charge >= 0.3 is 0 Å². The van der Waals surface area contributed by atoms with E-state index in [1.807, 2.05) is 18.2 Å². The summed E-state index contributed by atoms with van der Waals surface area (Å²) in [5.74, 6) is 0.611. The van der Waals surface area contributed by atoms with Crippen LogP contribution in [-0.2, 0) is 4.79 Å². The molecular weight excluding hydrogens is 288 g/mol. The van der Waals surface area contributed by atoms with Gasteiger partial charge in [-0.05, 0) is 49.8 Å². The molecule has 0 bridgehead atoms. The first kappa shape index (κ1) is 18.0. The normalized spacial score (nSPS) is 18.4. The highest BCUT2D eigenvalue weighted by Gasteiger charge is 2.24. The maximum absolute atomic E-state index is 11.2. The summed E-state index contributed by atoms with van der Waals surface area (Å²) >= 11 is 0. The molecule has 1 aromatic carbocycles. The Kier molecular flexibility index (Phi) is 7.06. The second-order valence-corrected chi connectivity index (χ2v) is 6.71. The SMILES string of the molecule is CC(=O)Nc1cccc(C(C)NC(CCO)C2CCCCC2)c1. The molecular formula is C19H30N2O2. The second-order valence-electron chi connectivity index (χ2n) is 6.71. The zero-order chi connectivity index (χ0) is 16.7. The number of rotatable bonds is 7. The van der Waals surface area contributed by atoms with Crippen LogP contribution in [0.1, 0.15) is 64.0 Å². The van der Waals surface area contributed by atoms with E-state index in [1.54, 1.807) is 0 Å². The van der Waals surface area contributed by atoms with Gasteiger partial charge in [0.25, 0.3) is 0 Å². The maximum Gasteiger partial charge on any atom is 0.221 e. The van der Waals surface area contributed by atoms with E-state index in [1.165, 1.54) is 39.0 Å². The Labute approximate surface area is 139 Å². The molecule has 128 valence electrons. The molecule has 0 saturated heterocycles. The smallest absolute Gasteiger partial charge is 0.221 e. The Hall–Kier alpha value is -1.39. The Morgan fingerprint density at radius 1 is 1.30 bits per heavy atom. The number of hydrogen-bond acceptors (Lipinski definition) is 3. The molecule has 1 amide bonds. The van der Waals surface area contributed by atoms with Crippen LogP contribution in [0.3, 0.4) is 0 Å². The van der Waals surface area contributed by atoms with Crippen molar-refractivity contribution in [3.05, 3.63) is 29.8 Å². The van der Waals surface area contributed by atoms with Crippen LogP contribution in [-0.4, -0.2) is 23.7 Å². The standard InChI is InChI=1S/C19H30N2O2/c1-14(17-9-6-10-18(13-17)21-15(2)23)20-19(11-12-22)16-7-4-3-5-8-16/h6,9-10,13-14,16,19-20,22H,3-5,7-8,11-12H2,1-2H3,(H,21,23). The van der Waals surface area contributed by atoms with Crippen LogP contribution in [0.15, 0.2) is 24.3 Å². The summed E-state index contributed by atoms with van der Waals surface area (Å²) in [6, 6.07) is 8.54. The minimum absolute atomic E-state index is 0.0527. The summed E-state index contributed by atoms with van der Waals surface area (Å²) in [6.07, 6.45) is 7.28. The number of hydrogen-bond donors (Lipinski definition) is 3. The van der Waals surface area contributed by atoms with E-state index in [-0.39, 0.29) is 18.6 Å². The van der Waals surface area contributed by atoms with Crippen molar-refractivity contribution < 1.29 is 9.90 Å². The number of aliphatic hydroxyl groups is 1. The molecule has 1 aliphatic carbocycles. The number of benzene rings is 1. The molecule has 0 aromatic heterocycles.